The van der Waals surface area contributed by atoms with E-state index < -0.39 is 5.97 Å². The van der Waals surface area contributed by atoms with Crippen LogP contribution in [0.1, 0.15) is 45.4 Å². The van der Waals surface area contributed by atoms with Crippen LogP contribution in [-0.2, 0) is 23.2 Å². The van der Waals surface area contributed by atoms with Gasteiger partial charge in [-0.05, 0) is 13.3 Å². The van der Waals surface area contributed by atoms with E-state index in [0.29, 0.717) is 18.8 Å². The van der Waals surface area contributed by atoms with Gasteiger partial charge in [-0.2, -0.15) is 5.10 Å². The maximum Gasteiger partial charge on any atom is 0.303 e. The predicted molar refractivity (Wildman–Crippen MR) is 69.1 cm³/mol. The molecule has 0 radical (unpaired) electrons. The van der Waals surface area contributed by atoms with Crippen LogP contribution < -0.4 is 4.74 Å². The summed E-state index contributed by atoms with van der Waals surface area (Å²) < 4.78 is 7.17. The second-order valence-electron chi connectivity index (χ2n) is 5.30. The van der Waals surface area contributed by atoms with E-state index >= 15 is 0 Å². The van der Waals surface area contributed by atoms with E-state index in [1.54, 1.807) is 11.8 Å². The molecule has 1 aromatic rings. The Morgan fingerprint density at radius 2 is 2.06 bits per heavy atom. The number of hydrogen-bond acceptors (Lipinski definition) is 3. The molecule has 1 aromatic heterocycles. The molecule has 0 saturated heterocycles. The molecule has 1 rings (SSSR count). The molecule has 0 fully saturated rings. The largest absolute Gasteiger partial charge is 0.481 e. The fourth-order valence-corrected chi connectivity index (χ4v) is 1.99. The van der Waals surface area contributed by atoms with Crippen molar-refractivity contribution in [1.29, 1.82) is 0 Å². The van der Waals surface area contributed by atoms with E-state index in [4.69, 9.17) is 9.84 Å². The molecule has 0 atom stereocenters. The maximum absolute atomic E-state index is 10.7. The van der Waals surface area contributed by atoms with Crippen molar-refractivity contribution >= 4 is 5.97 Å². The predicted octanol–water partition coefficient (Wildman–Crippen LogP) is 2.23. The average Bonchev–Trinajstić information content (AvgIpc) is 2.63. The van der Waals surface area contributed by atoms with Gasteiger partial charge in [0.15, 0.2) is 0 Å². The van der Waals surface area contributed by atoms with E-state index in [9.17, 15) is 4.79 Å². The van der Waals surface area contributed by atoms with Gasteiger partial charge in [-0.25, -0.2) is 4.68 Å². The maximum atomic E-state index is 10.7. The van der Waals surface area contributed by atoms with Gasteiger partial charge in [0, 0.05) is 23.9 Å². The van der Waals surface area contributed by atoms with Crippen LogP contribution in [0.4, 0.5) is 0 Å². The van der Waals surface area contributed by atoms with Crippen LogP contribution in [0.5, 0.6) is 5.88 Å². The van der Waals surface area contributed by atoms with Gasteiger partial charge in [0.25, 0.3) is 0 Å². The number of nitrogens with zero attached hydrogens (tertiary/aromatic N) is 2. The number of hydrogen-bond donors (Lipinski definition) is 1. The summed E-state index contributed by atoms with van der Waals surface area (Å²) in [6.07, 6.45) is 0.542. The van der Waals surface area contributed by atoms with Gasteiger partial charge in [-0.15, -0.1) is 0 Å². The Balaban J connectivity index is 3.23. The van der Waals surface area contributed by atoms with Crippen molar-refractivity contribution < 1.29 is 14.6 Å². The monoisotopic (exact) mass is 254 g/mol. The number of ether oxygens (including phenoxy) is 1. The Kier molecular flexibility index (Phi) is 4.38. The van der Waals surface area contributed by atoms with Crippen molar-refractivity contribution in [3.8, 4) is 5.88 Å². The van der Waals surface area contributed by atoms with Gasteiger partial charge in [0.1, 0.15) is 0 Å². The topological polar surface area (TPSA) is 64.4 Å². The molecule has 0 amide bonds. The third-order valence-corrected chi connectivity index (χ3v) is 2.79. The van der Waals surface area contributed by atoms with Gasteiger partial charge in [-0.1, -0.05) is 20.8 Å². The second-order valence-corrected chi connectivity index (χ2v) is 5.30. The Hall–Kier alpha value is -1.52. The van der Waals surface area contributed by atoms with Crippen LogP contribution in [0.2, 0.25) is 0 Å². The third-order valence-electron chi connectivity index (χ3n) is 2.79. The lowest BCUT2D eigenvalue weighted by Crippen LogP contribution is -2.15. The van der Waals surface area contributed by atoms with Crippen LogP contribution in [0.15, 0.2) is 0 Å². The number of aryl methyl sites for hydroxylation is 1. The first-order chi connectivity index (χ1) is 8.31. The van der Waals surface area contributed by atoms with Crippen LogP contribution in [0, 0.1) is 0 Å². The minimum Gasteiger partial charge on any atom is -0.481 e. The quantitative estimate of drug-likeness (QED) is 0.875. The molecule has 0 aliphatic rings. The Morgan fingerprint density at radius 1 is 1.44 bits per heavy atom. The van der Waals surface area contributed by atoms with Crippen molar-refractivity contribution in [3.05, 3.63) is 11.3 Å². The average molecular weight is 254 g/mol. The van der Waals surface area contributed by atoms with Crippen LogP contribution in [0.3, 0.4) is 0 Å². The molecule has 1 N–H and O–H groups in total. The number of aliphatic carboxylic acids is 1. The summed E-state index contributed by atoms with van der Waals surface area (Å²) in [5.41, 5.74) is 1.71. The molecular weight excluding hydrogens is 232 g/mol. The first kappa shape index (κ1) is 14.5. The summed E-state index contributed by atoms with van der Waals surface area (Å²) in [6, 6.07) is 0. The van der Waals surface area contributed by atoms with Gasteiger partial charge < -0.3 is 9.84 Å². The van der Waals surface area contributed by atoms with Gasteiger partial charge in [-0.3, -0.25) is 4.79 Å². The molecule has 1 heterocycles. The minimum absolute atomic E-state index is 0.0921. The summed E-state index contributed by atoms with van der Waals surface area (Å²) in [5.74, 6) is -0.121. The number of rotatable bonds is 5. The number of carboxylic acids is 1. The summed E-state index contributed by atoms with van der Waals surface area (Å²) >= 11 is 0. The normalized spacial score (nSPS) is 11.6. The zero-order valence-electron chi connectivity index (χ0n) is 11.8. The summed E-state index contributed by atoms with van der Waals surface area (Å²) in [6.45, 7) is 8.90. The summed E-state index contributed by atoms with van der Waals surface area (Å²) in [5, 5.41) is 13.4. The van der Waals surface area contributed by atoms with Crippen molar-refractivity contribution in [1.82, 2.24) is 9.78 Å². The highest BCUT2D eigenvalue weighted by atomic mass is 16.5. The van der Waals surface area contributed by atoms with Crippen molar-refractivity contribution in [3.63, 3.8) is 0 Å². The Bertz CT molecular complexity index is 430. The highest BCUT2D eigenvalue weighted by Crippen LogP contribution is 2.32. The van der Waals surface area contributed by atoms with E-state index in [2.05, 4.69) is 25.9 Å². The molecule has 0 saturated carbocycles. The molecule has 0 unspecified atom stereocenters. The van der Waals surface area contributed by atoms with Gasteiger partial charge in [0.2, 0.25) is 5.88 Å². The first-order valence-corrected chi connectivity index (χ1v) is 6.17. The van der Waals surface area contributed by atoms with Gasteiger partial charge >= 0.3 is 5.97 Å². The number of methoxy groups -OCH3 is 1. The van der Waals surface area contributed by atoms with Crippen molar-refractivity contribution in [2.75, 3.05) is 7.11 Å². The molecule has 102 valence electrons. The standard InChI is InChI=1S/C13H22N2O3/c1-6-15-12(18-5)9(7-8-10(16)17)11(14-15)13(2,3)4/h6-8H2,1-5H3,(H,16,17). The number of carbonyl (C=O) groups is 1. The molecule has 0 bridgehead atoms. The highest BCUT2D eigenvalue weighted by molar-refractivity contribution is 5.67. The highest BCUT2D eigenvalue weighted by Gasteiger charge is 2.27. The molecule has 5 nitrogen and oxygen atoms in total. The Labute approximate surface area is 108 Å². The first-order valence-electron chi connectivity index (χ1n) is 6.17. The SMILES string of the molecule is CCn1nc(C(C)(C)C)c(CCC(=O)O)c1OC. The zero-order chi connectivity index (χ0) is 13.9. The Morgan fingerprint density at radius 3 is 2.44 bits per heavy atom. The minimum atomic E-state index is -0.804. The molecule has 0 aliphatic carbocycles. The molecule has 18 heavy (non-hydrogen) atoms. The van der Waals surface area contributed by atoms with E-state index in [0.717, 1.165) is 11.3 Å². The molecular formula is C13H22N2O3. The smallest absolute Gasteiger partial charge is 0.303 e. The van der Waals surface area contributed by atoms with Crippen LogP contribution >= 0.6 is 0 Å². The third kappa shape index (κ3) is 3.03. The molecule has 0 aliphatic heterocycles. The second kappa shape index (κ2) is 5.42. The van der Waals surface area contributed by atoms with Crippen LogP contribution in [0.25, 0.3) is 0 Å². The zero-order valence-corrected chi connectivity index (χ0v) is 11.8. The number of aromatic nitrogens is 2. The van der Waals surface area contributed by atoms with Crippen molar-refractivity contribution in [2.45, 2.75) is 52.5 Å². The van der Waals surface area contributed by atoms with Gasteiger partial charge in [0.05, 0.1) is 12.8 Å². The fraction of sp³-hybridized carbons (Fsp3) is 0.692. The van der Waals surface area contributed by atoms with Crippen LogP contribution in [-0.4, -0.2) is 28.0 Å². The molecule has 0 spiro atoms. The van der Waals surface area contributed by atoms with E-state index in [1.165, 1.54) is 0 Å². The summed E-state index contributed by atoms with van der Waals surface area (Å²) in [4.78, 5) is 10.7. The number of carboxylic acid groups (broad SMARTS) is 1. The lowest BCUT2D eigenvalue weighted by Gasteiger charge is -2.17. The van der Waals surface area contributed by atoms with E-state index in [1.807, 2.05) is 6.92 Å². The fourth-order valence-electron chi connectivity index (χ4n) is 1.99. The molecule has 5 heteroatoms. The van der Waals surface area contributed by atoms with E-state index in [-0.39, 0.29) is 11.8 Å². The lowest BCUT2D eigenvalue weighted by molar-refractivity contribution is -0.136. The molecule has 0 aromatic carbocycles. The van der Waals surface area contributed by atoms with Crippen molar-refractivity contribution in [2.24, 2.45) is 0 Å². The summed E-state index contributed by atoms with van der Waals surface area (Å²) in [7, 11) is 1.60. The lowest BCUT2D eigenvalue weighted by atomic mass is 9.88.